The van der Waals surface area contributed by atoms with Gasteiger partial charge in [0.2, 0.25) is 5.91 Å². The van der Waals surface area contributed by atoms with Gasteiger partial charge in [-0.15, -0.1) is 0 Å². The average molecular weight is 343 g/mol. The monoisotopic (exact) mass is 343 g/mol. The Kier molecular flexibility index (Phi) is 7.27. The Morgan fingerprint density at radius 1 is 1.24 bits per heavy atom. The van der Waals surface area contributed by atoms with E-state index in [-0.39, 0.29) is 36.7 Å². The number of methoxy groups -OCH3 is 1. The zero-order valence-corrected chi connectivity index (χ0v) is 14.6. The van der Waals surface area contributed by atoms with Gasteiger partial charge in [-0.25, -0.2) is 0 Å². The van der Waals surface area contributed by atoms with Gasteiger partial charge in [-0.1, -0.05) is 31.4 Å². The van der Waals surface area contributed by atoms with Gasteiger partial charge < -0.3 is 15.4 Å². The summed E-state index contributed by atoms with van der Waals surface area (Å²) < 4.78 is 5.21. The molecule has 1 aromatic rings. The van der Waals surface area contributed by atoms with Crippen LogP contribution in [0.25, 0.3) is 0 Å². The van der Waals surface area contributed by atoms with Crippen LogP contribution in [0.2, 0.25) is 0 Å². The topological polar surface area (TPSA) is 91.2 Å². The quantitative estimate of drug-likeness (QED) is 0.743. The maximum atomic E-state index is 12.5. The SMILES string of the molecule is COc1ccccc1C(=O)NCC(C(=O)NCC#N)C1CCCCC1. The summed E-state index contributed by atoms with van der Waals surface area (Å²) in [5.74, 6) is 0.0148. The molecule has 0 spiro atoms. The van der Waals surface area contributed by atoms with Gasteiger partial charge >= 0.3 is 0 Å². The van der Waals surface area contributed by atoms with Gasteiger partial charge in [-0.3, -0.25) is 9.59 Å². The lowest BCUT2D eigenvalue weighted by Gasteiger charge is -2.29. The Bertz CT molecular complexity index is 633. The number of hydrogen-bond acceptors (Lipinski definition) is 4. The minimum absolute atomic E-state index is 0.0114. The summed E-state index contributed by atoms with van der Waals surface area (Å²) in [7, 11) is 1.52. The van der Waals surface area contributed by atoms with Crippen molar-refractivity contribution in [3.8, 4) is 11.8 Å². The Balaban J connectivity index is 2.04. The Morgan fingerprint density at radius 3 is 2.64 bits per heavy atom. The van der Waals surface area contributed by atoms with Crippen LogP contribution in [-0.4, -0.2) is 32.0 Å². The number of ether oxygens (including phenoxy) is 1. The maximum Gasteiger partial charge on any atom is 0.255 e. The van der Waals surface area contributed by atoms with Crippen molar-refractivity contribution in [3.63, 3.8) is 0 Å². The minimum Gasteiger partial charge on any atom is -0.496 e. The van der Waals surface area contributed by atoms with Crippen molar-refractivity contribution in [2.75, 3.05) is 20.2 Å². The summed E-state index contributed by atoms with van der Waals surface area (Å²) in [5.41, 5.74) is 0.449. The summed E-state index contributed by atoms with van der Waals surface area (Å²) in [5, 5.41) is 14.2. The molecule has 1 aliphatic carbocycles. The number of carbonyl (C=O) groups excluding carboxylic acids is 2. The average Bonchev–Trinajstić information content (AvgIpc) is 2.67. The number of nitriles is 1. The molecule has 6 nitrogen and oxygen atoms in total. The van der Waals surface area contributed by atoms with Crippen molar-refractivity contribution in [2.45, 2.75) is 32.1 Å². The molecule has 2 rings (SSSR count). The van der Waals surface area contributed by atoms with Crippen molar-refractivity contribution in [2.24, 2.45) is 11.8 Å². The Hall–Kier alpha value is -2.55. The van der Waals surface area contributed by atoms with E-state index in [0.29, 0.717) is 11.3 Å². The summed E-state index contributed by atoms with van der Waals surface area (Å²) >= 11 is 0. The second kappa shape index (κ2) is 9.67. The summed E-state index contributed by atoms with van der Waals surface area (Å²) in [6.07, 6.45) is 5.36. The van der Waals surface area contributed by atoms with E-state index < -0.39 is 0 Å². The van der Waals surface area contributed by atoms with Crippen LogP contribution in [0.1, 0.15) is 42.5 Å². The van der Waals surface area contributed by atoms with Gasteiger partial charge in [0.15, 0.2) is 0 Å². The number of benzene rings is 1. The number of rotatable bonds is 7. The van der Waals surface area contributed by atoms with E-state index in [1.165, 1.54) is 13.5 Å². The second-order valence-corrected chi connectivity index (χ2v) is 6.29. The van der Waals surface area contributed by atoms with E-state index >= 15 is 0 Å². The Morgan fingerprint density at radius 2 is 1.96 bits per heavy atom. The fraction of sp³-hybridized carbons (Fsp3) is 0.526. The highest BCUT2D eigenvalue weighted by molar-refractivity contribution is 5.97. The molecule has 1 saturated carbocycles. The van der Waals surface area contributed by atoms with E-state index in [1.54, 1.807) is 24.3 Å². The zero-order chi connectivity index (χ0) is 18.1. The van der Waals surface area contributed by atoms with Crippen LogP contribution >= 0.6 is 0 Å². The molecule has 0 saturated heterocycles. The van der Waals surface area contributed by atoms with Crippen molar-refractivity contribution >= 4 is 11.8 Å². The number of carbonyl (C=O) groups is 2. The molecule has 25 heavy (non-hydrogen) atoms. The van der Waals surface area contributed by atoms with Gasteiger partial charge in [0, 0.05) is 6.54 Å². The largest absolute Gasteiger partial charge is 0.496 e. The predicted molar refractivity (Wildman–Crippen MR) is 94.0 cm³/mol. The molecule has 1 aromatic carbocycles. The van der Waals surface area contributed by atoms with Crippen LogP contribution in [0.5, 0.6) is 5.75 Å². The molecule has 2 amide bonds. The van der Waals surface area contributed by atoms with Crippen LogP contribution in [0, 0.1) is 23.2 Å². The second-order valence-electron chi connectivity index (χ2n) is 6.29. The zero-order valence-electron chi connectivity index (χ0n) is 14.6. The highest BCUT2D eigenvalue weighted by Crippen LogP contribution is 2.30. The molecule has 1 unspecified atom stereocenters. The van der Waals surface area contributed by atoms with Crippen LogP contribution < -0.4 is 15.4 Å². The van der Waals surface area contributed by atoms with E-state index in [2.05, 4.69) is 10.6 Å². The van der Waals surface area contributed by atoms with E-state index in [4.69, 9.17) is 10.00 Å². The molecule has 0 aromatic heterocycles. The lowest BCUT2D eigenvalue weighted by molar-refractivity contribution is -0.126. The number of nitrogens with one attached hydrogen (secondary N) is 2. The minimum atomic E-state index is -0.313. The van der Waals surface area contributed by atoms with Crippen molar-refractivity contribution < 1.29 is 14.3 Å². The standard InChI is InChI=1S/C19H25N3O3/c1-25-17-10-6-5-9-15(17)18(23)22-13-16(19(24)21-12-11-20)14-7-3-2-4-8-14/h5-6,9-10,14,16H,2-4,7-8,12-13H2,1H3,(H,21,24)(H,22,23). The fourth-order valence-electron chi connectivity index (χ4n) is 3.40. The predicted octanol–water partition coefficient (Wildman–Crippen LogP) is 2.26. The summed E-state index contributed by atoms with van der Waals surface area (Å²) in [6, 6.07) is 8.92. The molecule has 0 radical (unpaired) electrons. The first kappa shape index (κ1) is 18.8. The number of amides is 2. The van der Waals surface area contributed by atoms with Crippen LogP contribution in [0.15, 0.2) is 24.3 Å². The highest BCUT2D eigenvalue weighted by Gasteiger charge is 2.30. The normalized spacial score (nSPS) is 15.7. The highest BCUT2D eigenvalue weighted by atomic mass is 16.5. The van der Waals surface area contributed by atoms with E-state index in [0.717, 1.165) is 25.7 Å². The fourth-order valence-corrected chi connectivity index (χ4v) is 3.40. The maximum absolute atomic E-state index is 12.5. The number of para-hydroxylation sites is 1. The third-order valence-corrected chi connectivity index (χ3v) is 4.73. The van der Waals surface area contributed by atoms with Crippen LogP contribution in [-0.2, 0) is 4.79 Å². The lowest BCUT2D eigenvalue weighted by Crippen LogP contribution is -2.43. The molecular formula is C19H25N3O3. The molecule has 0 heterocycles. The van der Waals surface area contributed by atoms with E-state index in [9.17, 15) is 9.59 Å². The smallest absolute Gasteiger partial charge is 0.255 e. The van der Waals surface area contributed by atoms with Gasteiger partial charge in [0.1, 0.15) is 12.3 Å². The molecule has 1 aliphatic rings. The van der Waals surface area contributed by atoms with Crippen molar-refractivity contribution in [1.82, 2.24) is 10.6 Å². The van der Waals surface area contributed by atoms with Gasteiger partial charge in [0.25, 0.3) is 5.91 Å². The molecule has 0 aliphatic heterocycles. The van der Waals surface area contributed by atoms with Crippen LogP contribution in [0.3, 0.4) is 0 Å². The third-order valence-electron chi connectivity index (χ3n) is 4.73. The van der Waals surface area contributed by atoms with E-state index in [1.807, 2.05) is 6.07 Å². The molecule has 134 valence electrons. The lowest BCUT2D eigenvalue weighted by atomic mass is 9.79. The van der Waals surface area contributed by atoms with Gasteiger partial charge in [-0.2, -0.15) is 5.26 Å². The first-order chi connectivity index (χ1) is 12.2. The Labute approximate surface area is 148 Å². The first-order valence-corrected chi connectivity index (χ1v) is 8.73. The third kappa shape index (κ3) is 5.21. The van der Waals surface area contributed by atoms with Crippen molar-refractivity contribution in [1.29, 1.82) is 5.26 Å². The molecule has 0 bridgehead atoms. The number of hydrogen-bond donors (Lipinski definition) is 2. The molecule has 2 N–H and O–H groups in total. The molecule has 1 fully saturated rings. The molecule has 1 atom stereocenters. The first-order valence-electron chi connectivity index (χ1n) is 8.73. The summed E-state index contributed by atoms with van der Waals surface area (Å²) in [4.78, 5) is 24.9. The summed E-state index contributed by atoms with van der Waals surface area (Å²) in [6.45, 7) is 0.251. The van der Waals surface area contributed by atoms with Gasteiger partial charge in [-0.05, 0) is 30.9 Å². The molecule has 6 heteroatoms. The molecular weight excluding hydrogens is 318 g/mol. The van der Waals surface area contributed by atoms with Gasteiger partial charge in [0.05, 0.1) is 24.7 Å². The number of nitrogens with zero attached hydrogens (tertiary/aromatic N) is 1. The van der Waals surface area contributed by atoms with Crippen molar-refractivity contribution in [3.05, 3.63) is 29.8 Å². The van der Waals surface area contributed by atoms with Crippen LogP contribution in [0.4, 0.5) is 0 Å².